The highest BCUT2D eigenvalue weighted by Gasteiger charge is 2.43. The van der Waals surface area contributed by atoms with Gasteiger partial charge in [-0.3, -0.25) is 10.2 Å². The molecule has 2 heterocycles. The molecule has 0 aromatic heterocycles. The smallest absolute Gasteiger partial charge is 0.132 e. The second-order valence-corrected chi connectivity index (χ2v) is 4.96. The molecule has 0 saturated carbocycles. The SMILES string of the molecule is CC1COC(C)(C2CCCCN2C)N1. The maximum atomic E-state index is 5.91. The lowest BCUT2D eigenvalue weighted by molar-refractivity contribution is -0.0709. The number of nitrogens with zero attached hydrogens (tertiary/aromatic N) is 1. The van der Waals surface area contributed by atoms with E-state index in [1.54, 1.807) is 0 Å². The van der Waals surface area contributed by atoms with Crippen molar-refractivity contribution >= 4 is 0 Å². The van der Waals surface area contributed by atoms with Crippen molar-refractivity contribution in [2.24, 2.45) is 0 Å². The number of hydrogen-bond acceptors (Lipinski definition) is 3. The van der Waals surface area contributed by atoms with Crippen molar-refractivity contribution in [3.05, 3.63) is 0 Å². The summed E-state index contributed by atoms with van der Waals surface area (Å²) in [4.78, 5) is 2.44. The summed E-state index contributed by atoms with van der Waals surface area (Å²) in [5, 5.41) is 3.57. The number of ether oxygens (including phenoxy) is 1. The molecule has 0 aromatic rings. The summed E-state index contributed by atoms with van der Waals surface area (Å²) in [5.41, 5.74) is -0.116. The van der Waals surface area contributed by atoms with Crippen molar-refractivity contribution < 1.29 is 4.74 Å². The minimum atomic E-state index is -0.116. The third-order valence-corrected chi connectivity index (χ3v) is 3.57. The minimum absolute atomic E-state index is 0.116. The topological polar surface area (TPSA) is 24.5 Å². The Kier molecular flexibility index (Phi) is 2.82. The number of hydrogen-bond donors (Lipinski definition) is 1. The van der Waals surface area contributed by atoms with E-state index in [1.165, 1.54) is 25.8 Å². The van der Waals surface area contributed by atoms with Gasteiger partial charge in [0, 0.05) is 6.04 Å². The molecule has 0 radical (unpaired) electrons. The van der Waals surface area contributed by atoms with Gasteiger partial charge in [-0.15, -0.1) is 0 Å². The van der Waals surface area contributed by atoms with E-state index in [0.717, 1.165) is 6.61 Å². The molecule has 0 aromatic carbocycles. The highest BCUT2D eigenvalue weighted by atomic mass is 16.5. The van der Waals surface area contributed by atoms with Gasteiger partial charge >= 0.3 is 0 Å². The Balaban J connectivity index is 2.04. The van der Waals surface area contributed by atoms with Crippen LogP contribution in [0.25, 0.3) is 0 Å². The maximum Gasteiger partial charge on any atom is 0.132 e. The Hall–Kier alpha value is -0.120. The van der Waals surface area contributed by atoms with Crippen LogP contribution in [0.15, 0.2) is 0 Å². The third kappa shape index (κ3) is 1.81. The van der Waals surface area contributed by atoms with Crippen molar-refractivity contribution in [3.63, 3.8) is 0 Å². The standard InChI is InChI=1S/C11H22N2O/c1-9-8-14-11(2,12-9)10-6-4-5-7-13(10)3/h9-10,12H,4-8H2,1-3H3. The average molecular weight is 198 g/mol. The first-order chi connectivity index (χ1) is 6.62. The highest BCUT2D eigenvalue weighted by molar-refractivity contribution is 4.95. The van der Waals surface area contributed by atoms with E-state index in [4.69, 9.17) is 4.74 Å². The largest absolute Gasteiger partial charge is 0.358 e. The summed E-state index contributed by atoms with van der Waals surface area (Å²) < 4.78 is 5.91. The van der Waals surface area contributed by atoms with Crippen LogP contribution >= 0.6 is 0 Å². The van der Waals surface area contributed by atoms with Gasteiger partial charge in [-0.2, -0.15) is 0 Å². The molecule has 2 fully saturated rings. The van der Waals surface area contributed by atoms with Crippen LogP contribution in [0.1, 0.15) is 33.1 Å². The quantitative estimate of drug-likeness (QED) is 0.685. The lowest BCUT2D eigenvalue weighted by atomic mass is 9.94. The summed E-state index contributed by atoms with van der Waals surface area (Å²) >= 11 is 0. The molecule has 2 saturated heterocycles. The molecule has 2 rings (SSSR count). The van der Waals surface area contributed by atoms with E-state index in [-0.39, 0.29) is 5.72 Å². The van der Waals surface area contributed by atoms with Gasteiger partial charge in [0.15, 0.2) is 0 Å². The molecule has 0 bridgehead atoms. The predicted octanol–water partition coefficient (Wildman–Crippen LogP) is 1.20. The van der Waals surface area contributed by atoms with Crippen LogP contribution in [0.3, 0.4) is 0 Å². The van der Waals surface area contributed by atoms with Gasteiger partial charge in [-0.1, -0.05) is 6.42 Å². The van der Waals surface area contributed by atoms with Crippen molar-refractivity contribution in [1.29, 1.82) is 0 Å². The number of piperidine rings is 1. The molecule has 0 aliphatic carbocycles. The van der Waals surface area contributed by atoms with Gasteiger partial charge in [0.1, 0.15) is 5.72 Å². The molecule has 3 unspecified atom stereocenters. The van der Waals surface area contributed by atoms with Gasteiger partial charge in [0.2, 0.25) is 0 Å². The summed E-state index contributed by atoms with van der Waals surface area (Å²) in [7, 11) is 2.21. The molecule has 3 heteroatoms. The van der Waals surface area contributed by atoms with Gasteiger partial charge in [-0.25, -0.2) is 0 Å². The fraction of sp³-hybridized carbons (Fsp3) is 1.00. The Labute approximate surface area is 86.8 Å². The van der Waals surface area contributed by atoms with Gasteiger partial charge in [0.25, 0.3) is 0 Å². The number of rotatable bonds is 1. The summed E-state index contributed by atoms with van der Waals surface area (Å²) in [6.45, 7) is 6.44. The highest BCUT2D eigenvalue weighted by Crippen LogP contribution is 2.29. The first kappa shape index (κ1) is 10.4. The van der Waals surface area contributed by atoms with Crippen LogP contribution in [0, 0.1) is 0 Å². The predicted molar refractivity (Wildman–Crippen MR) is 57.2 cm³/mol. The average Bonchev–Trinajstić information content (AvgIpc) is 2.48. The molecule has 0 spiro atoms. The lowest BCUT2D eigenvalue weighted by Gasteiger charge is -2.42. The van der Waals surface area contributed by atoms with Crippen LogP contribution in [-0.4, -0.2) is 42.9 Å². The van der Waals surface area contributed by atoms with Crippen molar-refractivity contribution in [1.82, 2.24) is 10.2 Å². The number of nitrogens with one attached hydrogen (secondary N) is 1. The van der Waals surface area contributed by atoms with Crippen LogP contribution in [0.5, 0.6) is 0 Å². The summed E-state index contributed by atoms with van der Waals surface area (Å²) in [6, 6.07) is 1.04. The Morgan fingerprint density at radius 1 is 1.43 bits per heavy atom. The van der Waals surface area contributed by atoms with Gasteiger partial charge < -0.3 is 4.74 Å². The van der Waals surface area contributed by atoms with Crippen LogP contribution in [0.4, 0.5) is 0 Å². The summed E-state index contributed by atoms with van der Waals surface area (Å²) in [5.74, 6) is 0. The van der Waals surface area contributed by atoms with E-state index in [0.29, 0.717) is 12.1 Å². The molecule has 2 aliphatic heterocycles. The van der Waals surface area contributed by atoms with E-state index >= 15 is 0 Å². The normalized spacial score (nSPS) is 45.6. The summed E-state index contributed by atoms with van der Waals surface area (Å²) in [6.07, 6.45) is 3.93. The fourth-order valence-corrected chi connectivity index (χ4v) is 2.83. The molecule has 82 valence electrons. The van der Waals surface area contributed by atoms with Gasteiger partial charge in [-0.05, 0) is 40.3 Å². The van der Waals surface area contributed by atoms with E-state index in [2.05, 4.69) is 31.1 Å². The first-order valence-electron chi connectivity index (χ1n) is 5.74. The Morgan fingerprint density at radius 2 is 2.21 bits per heavy atom. The Bertz CT molecular complexity index is 209. The molecule has 2 aliphatic rings. The second-order valence-electron chi connectivity index (χ2n) is 4.96. The number of likely N-dealkylation sites (tertiary alicyclic amines) is 1. The van der Waals surface area contributed by atoms with Crippen LogP contribution in [0.2, 0.25) is 0 Å². The van der Waals surface area contributed by atoms with Crippen molar-refractivity contribution in [3.8, 4) is 0 Å². The molecule has 0 amide bonds. The zero-order chi connectivity index (χ0) is 10.2. The van der Waals surface area contributed by atoms with Crippen LogP contribution in [-0.2, 0) is 4.74 Å². The van der Waals surface area contributed by atoms with Gasteiger partial charge in [0.05, 0.1) is 12.6 Å². The number of likely N-dealkylation sites (N-methyl/N-ethyl adjacent to an activating group) is 1. The van der Waals surface area contributed by atoms with E-state index in [9.17, 15) is 0 Å². The molecule has 14 heavy (non-hydrogen) atoms. The molecule has 3 atom stereocenters. The van der Waals surface area contributed by atoms with Crippen molar-refractivity contribution in [2.75, 3.05) is 20.2 Å². The van der Waals surface area contributed by atoms with E-state index < -0.39 is 0 Å². The molecule has 3 nitrogen and oxygen atoms in total. The fourth-order valence-electron chi connectivity index (χ4n) is 2.83. The molecular formula is C11H22N2O. The first-order valence-corrected chi connectivity index (χ1v) is 5.74. The monoisotopic (exact) mass is 198 g/mol. The van der Waals surface area contributed by atoms with E-state index in [1.807, 2.05) is 0 Å². The minimum Gasteiger partial charge on any atom is -0.358 e. The van der Waals surface area contributed by atoms with Crippen molar-refractivity contribution in [2.45, 2.75) is 50.9 Å². The lowest BCUT2D eigenvalue weighted by Crippen LogP contribution is -2.58. The second kappa shape index (κ2) is 3.80. The molecule has 1 N–H and O–H groups in total. The third-order valence-electron chi connectivity index (χ3n) is 3.57. The Morgan fingerprint density at radius 3 is 2.79 bits per heavy atom. The molecular weight excluding hydrogens is 176 g/mol. The van der Waals surface area contributed by atoms with Crippen LogP contribution < -0.4 is 5.32 Å². The maximum absolute atomic E-state index is 5.91. The zero-order valence-electron chi connectivity index (χ0n) is 9.55. The zero-order valence-corrected chi connectivity index (χ0v) is 9.55.